The van der Waals surface area contributed by atoms with Gasteiger partial charge in [-0.2, -0.15) is 0 Å². The lowest BCUT2D eigenvalue weighted by molar-refractivity contribution is -0.141. The summed E-state index contributed by atoms with van der Waals surface area (Å²) >= 11 is 0. The molecule has 1 saturated carbocycles. The fourth-order valence-electron chi connectivity index (χ4n) is 5.87. The molecule has 2 fully saturated rings. The zero-order chi connectivity index (χ0) is 21.5. The van der Waals surface area contributed by atoms with Crippen molar-refractivity contribution in [3.8, 4) is 0 Å². The highest BCUT2D eigenvalue weighted by Crippen LogP contribution is 2.43. The molecule has 2 aromatic rings. The van der Waals surface area contributed by atoms with Gasteiger partial charge < -0.3 is 19.7 Å². The maximum absolute atomic E-state index is 13.6. The predicted octanol–water partition coefficient (Wildman–Crippen LogP) is 3.77. The molecule has 166 valence electrons. The Kier molecular flexibility index (Phi) is 5.61. The normalized spacial score (nSPS) is 34.3. The molecule has 0 radical (unpaired) electrons. The number of imidazole rings is 1. The zero-order valence-electron chi connectivity index (χ0n) is 18.5. The van der Waals surface area contributed by atoms with Crippen LogP contribution in [0.2, 0.25) is 0 Å². The van der Waals surface area contributed by atoms with Crippen LogP contribution in [-0.4, -0.2) is 57.1 Å². The Labute approximate surface area is 183 Å². The van der Waals surface area contributed by atoms with Crippen molar-refractivity contribution in [3.05, 3.63) is 36.4 Å². The molecule has 2 N–H and O–H groups in total. The third-order valence-corrected chi connectivity index (χ3v) is 7.80. The number of aromatic amines is 1. The van der Waals surface area contributed by atoms with Gasteiger partial charge in [0.05, 0.1) is 34.9 Å². The number of hydrogen-bond donors (Lipinski definition) is 2. The molecule has 3 aliphatic rings. The number of nitrogens with one attached hydrogen (secondary N) is 1. The summed E-state index contributed by atoms with van der Waals surface area (Å²) in [6.07, 6.45) is 6.10. The van der Waals surface area contributed by atoms with Gasteiger partial charge in [0.25, 0.3) is 0 Å². The van der Waals surface area contributed by atoms with Gasteiger partial charge in [-0.15, -0.1) is 0 Å². The fourth-order valence-corrected chi connectivity index (χ4v) is 5.87. The summed E-state index contributed by atoms with van der Waals surface area (Å²) in [6, 6.07) is 8.31. The number of piperidine rings is 1. The van der Waals surface area contributed by atoms with Gasteiger partial charge in [-0.05, 0) is 50.8 Å². The molecule has 0 amide bonds. The van der Waals surface area contributed by atoms with Gasteiger partial charge in [0.15, 0.2) is 5.78 Å². The van der Waals surface area contributed by atoms with E-state index in [1.54, 1.807) is 6.26 Å². The molecule has 3 heterocycles. The minimum absolute atomic E-state index is 0.0540. The molecule has 6 nitrogen and oxygen atoms in total. The number of ketones is 1. The van der Waals surface area contributed by atoms with Crippen LogP contribution in [0.5, 0.6) is 0 Å². The van der Waals surface area contributed by atoms with E-state index in [2.05, 4.69) is 28.7 Å². The Morgan fingerprint density at radius 2 is 2.13 bits per heavy atom. The number of allylic oxidation sites excluding steroid dienone is 1. The van der Waals surface area contributed by atoms with Crippen LogP contribution in [-0.2, 0) is 9.53 Å². The van der Waals surface area contributed by atoms with Crippen LogP contribution < -0.4 is 0 Å². The van der Waals surface area contributed by atoms with E-state index in [0.717, 1.165) is 30.5 Å². The molecule has 1 aromatic carbocycles. The summed E-state index contributed by atoms with van der Waals surface area (Å²) in [6.45, 7) is 6.24. The fraction of sp³-hybridized carbons (Fsp3) is 0.600. The van der Waals surface area contributed by atoms with Gasteiger partial charge in [0.2, 0.25) is 0 Å². The average molecular weight is 424 g/mol. The summed E-state index contributed by atoms with van der Waals surface area (Å²) in [4.78, 5) is 24.0. The van der Waals surface area contributed by atoms with E-state index in [0.29, 0.717) is 23.9 Å². The molecule has 6 unspecified atom stereocenters. The van der Waals surface area contributed by atoms with Crippen molar-refractivity contribution in [1.29, 1.82) is 0 Å². The van der Waals surface area contributed by atoms with Gasteiger partial charge in [-0.1, -0.05) is 31.9 Å². The van der Waals surface area contributed by atoms with Crippen molar-refractivity contribution >= 4 is 22.4 Å². The second-order valence-electron chi connectivity index (χ2n) is 9.60. The van der Waals surface area contributed by atoms with E-state index in [4.69, 9.17) is 4.74 Å². The third kappa shape index (κ3) is 3.70. The van der Waals surface area contributed by atoms with Gasteiger partial charge in [0, 0.05) is 18.5 Å². The first-order valence-corrected chi connectivity index (χ1v) is 11.8. The number of rotatable bonds is 4. The van der Waals surface area contributed by atoms with Crippen molar-refractivity contribution in [3.63, 3.8) is 0 Å². The van der Waals surface area contributed by atoms with Gasteiger partial charge in [-0.3, -0.25) is 4.79 Å². The first-order valence-electron chi connectivity index (χ1n) is 11.8. The number of likely N-dealkylation sites (tertiary alicyclic amines) is 1. The summed E-state index contributed by atoms with van der Waals surface area (Å²) < 4.78 is 6.24. The van der Waals surface area contributed by atoms with E-state index in [-0.39, 0.29) is 29.6 Å². The monoisotopic (exact) mass is 423 g/mol. The Morgan fingerprint density at radius 3 is 2.90 bits per heavy atom. The second-order valence-corrected chi connectivity index (χ2v) is 9.60. The quantitative estimate of drug-likeness (QED) is 0.783. The lowest BCUT2D eigenvalue weighted by atomic mass is 9.67. The predicted molar refractivity (Wildman–Crippen MR) is 120 cm³/mol. The van der Waals surface area contributed by atoms with Gasteiger partial charge in [-0.25, -0.2) is 4.98 Å². The van der Waals surface area contributed by atoms with Crippen LogP contribution in [0, 0.1) is 17.8 Å². The van der Waals surface area contributed by atoms with Crippen LogP contribution in [0.4, 0.5) is 0 Å². The molecule has 1 aromatic heterocycles. The summed E-state index contributed by atoms with van der Waals surface area (Å²) in [5.41, 5.74) is 2.28. The van der Waals surface area contributed by atoms with E-state index >= 15 is 0 Å². The van der Waals surface area contributed by atoms with Crippen molar-refractivity contribution in [2.45, 2.75) is 64.2 Å². The molecule has 2 aliphatic heterocycles. The maximum Gasteiger partial charge on any atom is 0.176 e. The number of benzene rings is 1. The molecule has 0 bridgehead atoms. The molecule has 6 atom stereocenters. The number of fused-ring (bicyclic) bond motifs is 2. The largest absolute Gasteiger partial charge is 0.496 e. The number of nitrogens with zero attached hydrogens (tertiary/aromatic N) is 2. The highest BCUT2D eigenvalue weighted by atomic mass is 16.5. The smallest absolute Gasteiger partial charge is 0.176 e. The molecular formula is C25H33N3O3. The highest BCUT2D eigenvalue weighted by molar-refractivity contribution is 6.21. The van der Waals surface area contributed by atoms with Crippen LogP contribution in [0.25, 0.3) is 16.6 Å². The molecule has 1 saturated heterocycles. The Morgan fingerprint density at radius 1 is 1.29 bits per heavy atom. The van der Waals surface area contributed by atoms with Crippen LogP contribution in [0.3, 0.4) is 0 Å². The number of aliphatic hydroxyl groups excluding tert-OH is 1. The number of ether oxygens (including phenoxy) is 1. The number of aliphatic hydroxyl groups is 1. The van der Waals surface area contributed by atoms with E-state index < -0.39 is 6.10 Å². The standard InChI is InChI=1S/C25H33N3O3/c1-3-16-12-17-23(30)19(25-26-20-9-4-5-10-21(20)27-25)14-31-24(17)18(22(16)29)13-28-11-7-6-8-15(28)2/h4-5,9-10,14-18,22,24,29H,3,6-8,11-13H2,1-2H3,(H,26,27). The zero-order valence-corrected chi connectivity index (χ0v) is 18.5. The Balaban J connectivity index is 1.44. The Hall–Kier alpha value is -2.18. The lowest BCUT2D eigenvalue weighted by Crippen LogP contribution is -2.56. The van der Waals surface area contributed by atoms with Gasteiger partial charge >= 0.3 is 0 Å². The van der Waals surface area contributed by atoms with Crippen LogP contribution >= 0.6 is 0 Å². The van der Waals surface area contributed by atoms with Crippen molar-refractivity contribution in [1.82, 2.24) is 14.9 Å². The molecule has 31 heavy (non-hydrogen) atoms. The third-order valence-electron chi connectivity index (χ3n) is 7.80. The summed E-state index contributed by atoms with van der Waals surface area (Å²) in [7, 11) is 0. The van der Waals surface area contributed by atoms with Crippen LogP contribution in [0.1, 0.15) is 51.8 Å². The summed E-state index contributed by atoms with van der Waals surface area (Å²) in [5.74, 6) is 0.504. The number of carbonyl (C=O) groups is 1. The van der Waals surface area contributed by atoms with Crippen molar-refractivity contribution < 1.29 is 14.6 Å². The van der Waals surface area contributed by atoms with Crippen molar-refractivity contribution in [2.24, 2.45) is 17.8 Å². The number of hydrogen-bond acceptors (Lipinski definition) is 5. The van der Waals surface area contributed by atoms with Gasteiger partial charge in [0.1, 0.15) is 11.9 Å². The molecule has 1 aliphatic carbocycles. The topological polar surface area (TPSA) is 78.5 Å². The minimum Gasteiger partial charge on any atom is -0.496 e. The minimum atomic E-state index is -0.436. The number of para-hydroxylation sites is 2. The first-order chi connectivity index (χ1) is 15.1. The van der Waals surface area contributed by atoms with Crippen molar-refractivity contribution in [2.75, 3.05) is 13.1 Å². The van der Waals surface area contributed by atoms with E-state index in [1.165, 1.54) is 19.3 Å². The molecular weight excluding hydrogens is 390 g/mol. The van der Waals surface area contributed by atoms with E-state index in [9.17, 15) is 9.90 Å². The average Bonchev–Trinajstić information content (AvgIpc) is 3.21. The summed E-state index contributed by atoms with van der Waals surface area (Å²) in [5, 5.41) is 11.2. The molecule has 0 spiro atoms. The second kappa shape index (κ2) is 8.40. The Bertz CT molecular complexity index is 950. The molecule has 6 heteroatoms. The maximum atomic E-state index is 13.6. The lowest BCUT2D eigenvalue weighted by Gasteiger charge is -2.48. The molecule has 5 rings (SSSR count). The van der Waals surface area contributed by atoms with Crippen LogP contribution in [0.15, 0.2) is 30.5 Å². The number of Topliss-reactive ketones (excluding diaryl/α,β-unsaturated/α-hetero) is 1. The highest BCUT2D eigenvalue weighted by Gasteiger charge is 2.50. The SMILES string of the molecule is CCC1CC2C(=O)C(c3nc4ccccc4[nH]3)=COC2C(CN2CCCCC2C)C1O. The first kappa shape index (κ1) is 20.7. The van der Waals surface area contributed by atoms with E-state index in [1.807, 2.05) is 24.3 Å². The number of H-pyrrole nitrogens is 1. The number of carbonyl (C=O) groups excluding carboxylic acids is 1. The number of aromatic nitrogens is 2.